The van der Waals surface area contributed by atoms with Crippen LogP contribution < -0.4 is 0 Å². The molecule has 0 aliphatic carbocycles. The summed E-state index contributed by atoms with van der Waals surface area (Å²) in [6.07, 6.45) is 7.25. The van der Waals surface area contributed by atoms with Gasteiger partial charge >= 0.3 is 0 Å². The summed E-state index contributed by atoms with van der Waals surface area (Å²) in [6.45, 7) is 3.38. The molecule has 1 fully saturated rings. The van der Waals surface area contributed by atoms with Crippen molar-refractivity contribution in [3.05, 3.63) is 83.4 Å². The van der Waals surface area contributed by atoms with Crippen molar-refractivity contribution in [2.75, 3.05) is 12.4 Å². The molecule has 4 nitrogen and oxygen atoms in total. The fraction of sp³-hybridized carbons (Fsp3) is 0.348. The molecule has 4 rings (SSSR count). The Morgan fingerprint density at radius 1 is 1.21 bits per heavy atom. The van der Waals surface area contributed by atoms with E-state index in [1.165, 1.54) is 16.0 Å². The first-order chi connectivity index (χ1) is 14.1. The Morgan fingerprint density at radius 3 is 2.79 bits per heavy atom. The van der Waals surface area contributed by atoms with E-state index in [0.717, 1.165) is 23.6 Å². The number of hydrogen-bond acceptors (Lipinski definition) is 4. The SMILES string of the molecule is Cc1ccccc1SC[C@@H]1CO[C@](CCc2ccc(Cl)cc2)(Cn2ccnc2)O1. The minimum absolute atomic E-state index is 0.0633. The number of imidazole rings is 1. The lowest BCUT2D eigenvalue weighted by Crippen LogP contribution is -2.37. The van der Waals surface area contributed by atoms with Crippen LogP contribution in [0.25, 0.3) is 0 Å². The highest BCUT2D eigenvalue weighted by atomic mass is 35.5. The largest absolute Gasteiger partial charge is 0.345 e. The molecule has 2 heterocycles. The smallest absolute Gasteiger partial charge is 0.187 e. The van der Waals surface area contributed by atoms with Crippen LogP contribution in [0.1, 0.15) is 17.5 Å². The van der Waals surface area contributed by atoms with Gasteiger partial charge in [0.15, 0.2) is 5.79 Å². The van der Waals surface area contributed by atoms with Gasteiger partial charge in [0, 0.05) is 34.5 Å². The fourth-order valence-electron chi connectivity index (χ4n) is 3.54. The zero-order valence-corrected chi connectivity index (χ0v) is 18.0. The second-order valence-corrected chi connectivity index (χ2v) is 8.90. The van der Waals surface area contributed by atoms with Crippen LogP contribution in [0, 0.1) is 6.92 Å². The van der Waals surface area contributed by atoms with Gasteiger partial charge in [0.05, 0.1) is 25.6 Å². The predicted octanol–water partition coefficient (Wildman–Crippen LogP) is 5.38. The molecule has 1 aliphatic rings. The van der Waals surface area contributed by atoms with Gasteiger partial charge in [0.2, 0.25) is 0 Å². The van der Waals surface area contributed by atoms with Crippen molar-refractivity contribution in [2.45, 2.75) is 43.1 Å². The summed E-state index contributed by atoms with van der Waals surface area (Å²) in [7, 11) is 0. The van der Waals surface area contributed by atoms with E-state index < -0.39 is 5.79 Å². The Kier molecular flexibility index (Phi) is 6.60. The Hall–Kier alpha value is -1.79. The summed E-state index contributed by atoms with van der Waals surface area (Å²) in [6, 6.07) is 16.4. The first-order valence-corrected chi connectivity index (χ1v) is 11.2. The molecule has 1 saturated heterocycles. The summed E-state index contributed by atoms with van der Waals surface area (Å²) >= 11 is 7.84. The standard InChI is InChI=1S/C23H25ClN2O2S/c1-18-4-2-3-5-22(18)29-15-21-14-27-23(28-21,16-26-13-12-25-17-26)11-10-19-6-8-20(24)9-7-19/h2-9,12-13,17,21H,10-11,14-16H2,1H3/t21-,23-/m0/s1. The molecule has 0 saturated carbocycles. The van der Waals surface area contributed by atoms with E-state index in [1.54, 1.807) is 6.20 Å². The maximum Gasteiger partial charge on any atom is 0.187 e. The molecule has 29 heavy (non-hydrogen) atoms. The summed E-state index contributed by atoms with van der Waals surface area (Å²) < 4.78 is 14.8. The minimum atomic E-state index is -0.642. The molecule has 0 amide bonds. The van der Waals surface area contributed by atoms with Gasteiger partial charge in [-0.1, -0.05) is 41.9 Å². The molecule has 0 radical (unpaired) electrons. The molecular weight excluding hydrogens is 404 g/mol. The topological polar surface area (TPSA) is 36.3 Å². The monoisotopic (exact) mass is 428 g/mol. The fourth-order valence-corrected chi connectivity index (χ4v) is 4.66. The third kappa shape index (κ3) is 5.43. The van der Waals surface area contributed by atoms with Crippen LogP contribution in [0.5, 0.6) is 0 Å². The molecule has 2 aromatic carbocycles. The van der Waals surface area contributed by atoms with E-state index >= 15 is 0 Å². The number of ether oxygens (including phenoxy) is 2. The Balaban J connectivity index is 1.41. The van der Waals surface area contributed by atoms with E-state index in [9.17, 15) is 0 Å². The molecule has 6 heteroatoms. The van der Waals surface area contributed by atoms with Gasteiger partial charge in [0.25, 0.3) is 0 Å². The molecule has 3 aromatic rings. The van der Waals surface area contributed by atoms with E-state index in [-0.39, 0.29) is 6.10 Å². The highest BCUT2D eigenvalue weighted by molar-refractivity contribution is 7.99. The third-order valence-corrected chi connectivity index (χ3v) is 6.68. The van der Waals surface area contributed by atoms with Gasteiger partial charge in [-0.25, -0.2) is 4.98 Å². The number of rotatable bonds is 8. The zero-order chi connectivity index (χ0) is 20.1. The lowest BCUT2D eigenvalue weighted by Gasteiger charge is -2.28. The van der Waals surface area contributed by atoms with Crippen molar-refractivity contribution in [1.29, 1.82) is 0 Å². The number of halogens is 1. The molecule has 0 spiro atoms. The van der Waals surface area contributed by atoms with E-state index in [4.69, 9.17) is 21.1 Å². The van der Waals surface area contributed by atoms with Crippen molar-refractivity contribution >= 4 is 23.4 Å². The summed E-state index contributed by atoms with van der Waals surface area (Å²) in [5.41, 5.74) is 2.52. The van der Waals surface area contributed by atoms with Crippen molar-refractivity contribution in [2.24, 2.45) is 0 Å². The highest BCUT2D eigenvalue weighted by Crippen LogP contribution is 2.34. The van der Waals surface area contributed by atoms with Crippen LogP contribution >= 0.6 is 23.4 Å². The van der Waals surface area contributed by atoms with Gasteiger partial charge in [-0.2, -0.15) is 0 Å². The second-order valence-electron chi connectivity index (χ2n) is 7.40. The molecule has 1 aliphatic heterocycles. The number of nitrogens with zero attached hydrogens (tertiary/aromatic N) is 2. The van der Waals surface area contributed by atoms with Crippen molar-refractivity contribution < 1.29 is 9.47 Å². The van der Waals surface area contributed by atoms with E-state index in [2.05, 4.69) is 48.3 Å². The maximum absolute atomic E-state index is 6.51. The Bertz CT molecular complexity index is 917. The van der Waals surface area contributed by atoms with Gasteiger partial charge in [-0.05, 0) is 42.7 Å². The van der Waals surface area contributed by atoms with Crippen LogP contribution in [0.4, 0.5) is 0 Å². The summed E-state index contributed by atoms with van der Waals surface area (Å²) in [5, 5.41) is 0.753. The number of hydrogen-bond donors (Lipinski definition) is 0. The molecule has 1 aromatic heterocycles. The summed E-state index contributed by atoms with van der Waals surface area (Å²) in [4.78, 5) is 5.46. The second kappa shape index (κ2) is 9.35. The highest BCUT2D eigenvalue weighted by Gasteiger charge is 2.41. The average molecular weight is 429 g/mol. The molecule has 0 unspecified atom stereocenters. The quantitative estimate of drug-likeness (QED) is 0.451. The number of aromatic nitrogens is 2. The van der Waals surface area contributed by atoms with Gasteiger partial charge in [-0.15, -0.1) is 11.8 Å². The molecule has 0 bridgehead atoms. The van der Waals surface area contributed by atoms with E-state index in [0.29, 0.717) is 13.2 Å². The molecular formula is C23H25ClN2O2S. The molecule has 152 valence electrons. The minimum Gasteiger partial charge on any atom is -0.345 e. The first-order valence-electron chi connectivity index (χ1n) is 9.82. The Morgan fingerprint density at radius 2 is 2.03 bits per heavy atom. The first kappa shape index (κ1) is 20.5. The normalized spacial score (nSPS) is 21.5. The van der Waals surface area contributed by atoms with Gasteiger partial charge in [-0.3, -0.25) is 0 Å². The number of thioether (sulfide) groups is 1. The van der Waals surface area contributed by atoms with Crippen LogP contribution in [0.2, 0.25) is 5.02 Å². The predicted molar refractivity (Wildman–Crippen MR) is 117 cm³/mol. The molecule has 0 N–H and O–H groups in total. The third-order valence-electron chi connectivity index (χ3n) is 5.12. The van der Waals surface area contributed by atoms with Crippen LogP contribution in [0.15, 0.2) is 72.1 Å². The number of benzene rings is 2. The van der Waals surface area contributed by atoms with E-state index in [1.807, 2.05) is 41.0 Å². The molecule has 2 atom stereocenters. The lowest BCUT2D eigenvalue weighted by atomic mass is 10.0. The average Bonchev–Trinajstić information content (AvgIpc) is 3.38. The van der Waals surface area contributed by atoms with Crippen molar-refractivity contribution in [3.8, 4) is 0 Å². The Labute approximate surface area is 181 Å². The summed E-state index contributed by atoms with van der Waals surface area (Å²) in [5.74, 6) is 0.231. The van der Waals surface area contributed by atoms with Crippen LogP contribution in [-0.2, 0) is 22.4 Å². The lowest BCUT2D eigenvalue weighted by molar-refractivity contribution is -0.180. The van der Waals surface area contributed by atoms with Gasteiger partial charge < -0.3 is 14.0 Å². The maximum atomic E-state index is 6.51. The number of aryl methyl sites for hydroxylation is 2. The van der Waals surface area contributed by atoms with Crippen molar-refractivity contribution in [1.82, 2.24) is 9.55 Å². The van der Waals surface area contributed by atoms with Crippen molar-refractivity contribution in [3.63, 3.8) is 0 Å². The van der Waals surface area contributed by atoms with Gasteiger partial charge in [0.1, 0.15) is 0 Å². The zero-order valence-electron chi connectivity index (χ0n) is 16.5. The van der Waals surface area contributed by atoms with Crippen LogP contribution in [0.3, 0.4) is 0 Å². The van der Waals surface area contributed by atoms with Crippen LogP contribution in [-0.4, -0.2) is 33.8 Å².